The maximum absolute atomic E-state index is 12.3. The Labute approximate surface area is 125 Å². The van der Waals surface area contributed by atoms with E-state index in [0.29, 0.717) is 5.92 Å². The highest BCUT2D eigenvalue weighted by Gasteiger charge is 2.16. The van der Waals surface area contributed by atoms with Gasteiger partial charge in [0, 0.05) is 30.2 Å². The number of nitrogens with zero attached hydrogens (tertiary/aromatic N) is 1. The Bertz CT molecular complexity index is 613. The number of likely N-dealkylation sites (tertiary alicyclic amines) is 1. The molecular weight excluding hydrogens is 262 g/mol. The van der Waals surface area contributed by atoms with Crippen molar-refractivity contribution in [2.75, 3.05) is 26.2 Å². The summed E-state index contributed by atoms with van der Waals surface area (Å²) in [6, 6.07) is 7.90. The normalized spacial score (nSPS) is 17.2. The molecule has 1 aliphatic heterocycles. The molecule has 3 rings (SSSR count). The lowest BCUT2D eigenvalue weighted by atomic mass is 10.1. The smallest absolute Gasteiger partial charge is 0.253 e. The minimum Gasteiger partial charge on any atom is -0.360 e. The first-order valence-corrected chi connectivity index (χ1v) is 7.80. The fourth-order valence-corrected chi connectivity index (χ4v) is 3.09. The molecule has 1 aromatic carbocycles. The summed E-state index contributed by atoms with van der Waals surface area (Å²) >= 11 is 0. The van der Waals surface area contributed by atoms with Crippen LogP contribution in [0.2, 0.25) is 0 Å². The van der Waals surface area contributed by atoms with E-state index in [-0.39, 0.29) is 5.91 Å². The van der Waals surface area contributed by atoms with Crippen LogP contribution in [0, 0.1) is 5.92 Å². The van der Waals surface area contributed by atoms with Gasteiger partial charge >= 0.3 is 0 Å². The maximum atomic E-state index is 12.3. The van der Waals surface area contributed by atoms with E-state index < -0.39 is 0 Å². The Morgan fingerprint density at radius 3 is 2.90 bits per heavy atom. The Kier molecular flexibility index (Phi) is 4.25. The standard InChI is InChI=1S/C17H23N3O/c1-13(12-20-8-4-5-9-20)10-19-17(21)15-11-18-16-7-3-2-6-14(15)16/h2-3,6-7,11,13,18H,4-5,8-10,12H2,1H3,(H,19,21). The maximum Gasteiger partial charge on any atom is 0.253 e. The van der Waals surface area contributed by atoms with Gasteiger partial charge in [-0.15, -0.1) is 0 Å². The molecule has 21 heavy (non-hydrogen) atoms. The van der Waals surface area contributed by atoms with Crippen molar-refractivity contribution in [3.05, 3.63) is 36.0 Å². The Hall–Kier alpha value is -1.81. The summed E-state index contributed by atoms with van der Waals surface area (Å²) in [6.07, 6.45) is 4.42. The van der Waals surface area contributed by atoms with E-state index in [1.165, 1.54) is 25.9 Å². The van der Waals surface area contributed by atoms with Crippen LogP contribution in [-0.2, 0) is 0 Å². The number of hydrogen-bond donors (Lipinski definition) is 2. The molecule has 0 saturated carbocycles. The molecule has 1 unspecified atom stereocenters. The third-order valence-corrected chi connectivity index (χ3v) is 4.21. The van der Waals surface area contributed by atoms with Gasteiger partial charge in [-0.05, 0) is 37.9 Å². The number of aromatic amines is 1. The average Bonchev–Trinajstić information content (AvgIpc) is 3.13. The van der Waals surface area contributed by atoms with Crippen LogP contribution in [0.1, 0.15) is 30.1 Å². The minimum absolute atomic E-state index is 0.0146. The zero-order chi connectivity index (χ0) is 14.7. The number of fused-ring (bicyclic) bond motifs is 1. The van der Waals surface area contributed by atoms with Gasteiger partial charge in [-0.3, -0.25) is 4.79 Å². The van der Waals surface area contributed by atoms with E-state index in [0.717, 1.165) is 29.6 Å². The van der Waals surface area contributed by atoms with Gasteiger partial charge in [0.2, 0.25) is 0 Å². The van der Waals surface area contributed by atoms with Gasteiger partial charge in [-0.1, -0.05) is 25.1 Å². The number of benzene rings is 1. The molecule has 1 aromatic heterocycles. The third-order valence-electron chi connectivity index (χ3n) is 4.21. The lowest BCUT2D eigenvalue weighted by Gasteiger charge is -2.20. The van der Waals surface area contributed by atoms with Crippen LogP contribution in [0.4, 0.5) is 0 Å². The first kappa shape index (κ1) is 14.1. The quantitative estimate of drug-likeness (QED) is 0.887. The fourth-order valence-electron chi connectivity index (χ4n) is 3.09. The molecule has 4 heteroatoms. The van der Waals surface area contributed by atoms with Crippen LogP contribution in [0.15, 0.2) is 30.5 Å². The molecule has 0 spiro atoms. The summed E-state index contributed by atoms with van der Waals surface area (Å²) in [7, 11) is 0. The van der Waals surface area contributed by atoms with E-state index in [1.807, 2.05) is 24.3 Å². The van der Waals surface area contributed by atoms with Crippen molar-refractivity contribution in [2.24, 2.45) is 5.92 Å². The first-order valence-electron chi connectivity index (χ1n) is 7.80. The van der Waals surface area contributed by atoms with Gasteiger partial charge in [0.25, 0.3) is 5.91 Å². The van der Waals surface area contributed by atoms with Gasteiger partial charge in [0.05, 0.1) is 5.56 Å². The van der Waals surface area contributed by atoms with Crippen molar-refractivity contribution in [1.82, 2.24) is 15.2 Å². The number of amides is 1. The molecule has 1 aliphatic rings. The fraction of sp³-hybridized carbons (Fsp3) is 0.471. The van der Waals surface area contributed by atoms with Crippen LogP contribution >= 0.6 is 0 Å². The summed E-state index contributed by atoms with van der Waals surface area (Å²) in [5, 5.41) is 4.05. The number of aromatic nitrogens is 1. The molecule has 2 heterocycles. The zero-order valence-electron chi connectivity index (χ0n) is 12.6. The number of rotatable bonds is 5. The van der Waals surface area contributed by atoms with Crippen molar-refractivity contribution in [1.29, 1.82) is 0 Å². The predicted octanol–water partition coefficient (Wildman–Crippen LogP) is 2.63. The van der Waals surface area contributed by atoms with Crippen LogP contribution in [0.5, 0.6) is 0 Å². The first-order chi connectivity index (χ1) is 10.2. The summed E-state index contributed by atoms with van der Waals surface area (Å²) in [5.74, 6) is 0.498. The number of carbonyl (C=O) groups is 1. The molecule has 2 aromatic rings. The number of carbonyl (C=O) groups excluding carboxylic acids is 1. The number of nitrogens with one attached hydrogen (secondary N) is 2. The molecule has 0 radical (unpaired) electrons. The van der Waals surface area contributed by atoms with Crippen LogP contribution in [0.25, 0.3) is 10.9 Å². The van der Waals surface area contributed by atoms with Crippen LogP contribution in [-0.4, -0.2) is 42.0 Å². The molecule has 1 atom stereocenters. The van der Waals surface area contributed by atoms with Gasteiger partial charge in [0.1, 0.15) is 0 Å². The second kappa shape index (κ2) is 6.31. The predicted molar refractivity (Wildman–Crippen MR) is 85.5 cm³/mol. The highest BCUT2D eigenvalue weighted by molar-refractivity contribution is 6.06. The van der Waals surface area contributed by atoms with Crippen LogP contribution < -0.4 is 5.32 Å². The monoisotopic (exact) mass is 285 g/mol. The number of H-pyrrole nitrogens is 1. The number of hydrogen-bond acceptors (Lipinski definition) is 2. The topological polar surface area (TPSA) is 48.1 Å². The lowest BCUT2D eigenvalue weighted by molar-refractivity contribution is 0.0947. The van der Waals surface area contributed by atoms with Crippen molar-refractivity contribution in [2.45, 2.75) is 19.8 Å². The molecule has 112 valence electrons. The highest BCUT2D eigenvalue weighted by Crippen LogP contribution is 2.17. The van der Waals surface area contributed by atoms with E-state index in [4.69, 9.17) is 0 Å². The van der Waals surface area contributed by atoms with Crippen molar-refractivity contribution in [3.63, 3.8) is 0 Å². The Balaban J connectivity index is 1.56. The summed E-state index contributed by atoms with van der Waals surface area (Å²) < 4.78 is 0. The lowest BCUT2D eigenvalue weighted by Crippen LogP contribution is -2.34. The Morgan fingerprint density at radius 1 is 1.33 bits per heavy atom. The molecule has 1 amide bonds. The second-order valence-corrected chi connectivity index (χ2v) is 6.07. The molecular formula is C17H23N3O. The minimum atomic E-state index is 0.0146. The molecule has 0 bridgehead atoms. The van der Waals surface area contributed by atoms with E-state index in [2.05, 4.69) is 22.1 Å². The molecule has 2 N–H and O–H groups in total. The zero-order valence-corrected chi connectivity index (χ0v) is 12.6. The van der Waals surface area contributed by atoms with Crippen molar-refractivity contribution >= 4 is 16.8 Å². The van der Waals surface area contributed by atoms with Crippen molar-refractivity contribution in [3.8, 4) is 0 Å². The molecule has 1 saturated heterocycles. The SMILES string of the molecule is CC(CNC(=O)c1c[nH]c2ccccc12)CN1CCCC1. The average molecular weight is 285 g/mol. The summed E-state index contributed by atoms with van der Waals surface area (Å²) in [4.78, 5) is 18.0. The molecule has 1 fully saturated rings. The largest absolute Gasteiger partial charge is 0.360 e. The van der Waals surface area contributed by atoms with Gasteiger partial charge in [0.15, 0.2) is 0 Å². The highest BCUT2D eigenvalue weighted by atomic mass is 16.1. The van der Waals surface area contributed by atoms with E-state index >= 15 is 0 Å². The van der Waals surface area contributed by atoms with E-state index in [9.17, 15) is 4.79 Å². The van der Waals surface area contributed by atoms with Gasteiger partial charge < -0.3 is 15.2 Å². The molecule has 4 nitrogen and oxygen atoms in total. The third kappa shape index (κ3) is 3.27. The summed E-state index contributed by atoms with van der Waals surface area (Å²) in [5.41, 5.74) is 1.74. The second-order valence-electron chi connectivity index (χ2n) is 6.07. The van der Waals surface area contributed by atoms with Crippen molar-refractivity contribution < 1.29 is 4.79 Å². The van der Waals surface area contributed by atoms with Gasteiger partial charge in [-0.2, -0.15) is 0 Å². The number of para-hydroxylation sites is 1. The molecule has 0 aliphatic carbocycles. The summed E-state index contributed by atoms with van der Waals surface area (Å²) in [6.45, 7) is 6.43. The van der Waals surface area contributed by atoms with Gasteiger partial charge in [-0.25, -0.2) is 0 Å². The Morgan fingerprint density at radius 2 is 2.10 bits per heavy atom. The van der Waals surface area contributed by atoms with E-state index in [1.54, 1.807) is 6.20 Å². The van der Waals surface area contributed by atoms with Crippen LogP contribution in [0.3, 0.4) is 0 Å².